The molecule has 1 atom stereocenters. The zero-order chi connectivity index (χ0) is 9.56. The molecule has 0 aromatic carbocycles. The summed E-state index contributed by atoms with van der Waals surface area (Å²) in [6.07, 6.45) is 1.60. The number of carbonyl (C=O) groups is 1. The van der Waals surface area contributed by atoms with Crippen LogP contribution in [0.25, 0.3) is 0 Å². The Labute approximate surface area is 77.9 Å². The number of carbonyl (C=O) groups excluding carboxylic acids is 1. The molecule has 0 radical (unpaired) electrons. The Balaban J connectivity index is 3.93. The maximum Gasteiger partial charge on any atom is 0.333 e. The van der Waals surface area contributed by atoms with Crippen LogP contribution in [0.4, 0.5) is 0 Å². The lowest BCUT2D eigenvalue weighted by atomic mass is 10.4. The third kappa shape index (κ3) is 4.27. The Hall–Kier alpha value is -0.656. The van der Waals surface area contributed by atoms with Crippen LogP contribution in [-0.2, 0) is 13.6 Å². The van der Waals surface area contributed by atoms with Crippen LogP contribution in [0.5, 0.6) is 0 Å². The second kappa shape index (κ2) is 5.93. The van der Waals surface area contributed by atoms with E-state index in [-0.39, 0.29) is 11.7 Å². The van der Waals surface area contributed by atoms with Gasteiger partial charge in [0.1, 0.15) is 16.2 Å². The number of hydrogen-bond donors (Lipinski definition) is 0. The van der Waals surface area contributed by atoms with Crippen molar-refractivity contribution in [3.63, 3.8) is 0 Å². The van der Waals surface area contributed by atoms with Crippen molar-refractivity contribution in [2.75, 3.05) is 0 Å². The predicted molar refractivity (Wildman–Crippen MR) is 54.5 cm³/mol. The molecule has 0 rings (SSSR count). The van der Waals surface area contributed by atoms with Gasteiger partial charge in [-0.05, 0) is 6.92 Å². The maximum absolute atomic E-state index is 11.0. The standard InChI is InChI=1S/C7H14O3Si2/c1-4-6(12-10-11)9-7(8)5(2)3/h4,6H,1-2,12H2,3,11H3. The summed E-state index contributed by atoms with van der Waals surface area (Å²) in [5.41, 5.74) is 0.191. The molecule has 0 aliphatic carbocycles. The van der Waals surface area contributed by atoms with Gasteiger partial charge in [-0.2, -0.15) is 0 Å². The SMILES string of the molecule is C=CC(OC(=O)C(=C)C)[SiH2]O[SiH3]. The van der Waals surface area contributed by atoms with Crippen LogP contribution in [0.3, 0.4) is 0 Å². The summed E-state index contributed by atoms with van der Waals surface area (Å²) in [6, 6.07) is 0. The summed E-state index contributed by atoms with van der Waals surface area (Å²) in [7, 11) is -0.0913. The lowest BCUT2D eigenvalue weighted by Crippen LogP contribution is -2.24. The fraction of sp³-hybridized carbons (Fsp3) is 0.286. The highest BCUT2D eigenvalue weighted by molar-refractivity contribution is 6.36. The van der Waals surface area contributed by atoms with Crippen molar-refractivity contribution in [3.8, 4) is 0 Å². The van der Waals surface area contributed by atoms with Crippen LogP contribution >= 0.6 is 0 Å². The molecule has 0 heterocycles. The van der Waals surface area contributed by atoms with E-state index in [0.29, 0.717) is 16.1 Å². The Morgan fingerprint density at radius 3 is 2.67 bits per heavy atom. The largest absolute Gasteiger partial charge is 0.465 e. The van der Waals surface area contributed by atoms with E-state index in [2.05, 4.69) is 13.2 Å². The lowest BCUT2D eigenvalue weighted by Gasteiger charge is -2.11. The van der Waals surface area contributed by atoms with Gasteiger partial charge in [0.2, 0.25) is 0 Å². The Kier molecular flexibility index (Phi) is 5.60. The summed E-state index contributed by atoms with van der Waals surface area (Å²) in [4.78, 5) is 11.0. The van der Waals surface area contributed by atoms with Crippen LogP contribution in [0.15, 0.2) is 24.8 Å². The quantitative estimate of drug-likeness (QED) is 0.248. The first-order valence-electron chi connectivity index (χ1n) is 3.59. The maximum atomic E-state index is 11.0. The van der Waals surface area contributed by atoms with E-state index in [1.54, 1.807) is 13.0 Å². The Morgan fingerprint density at radius 2 is 2.33 bits per heavy atom. The van der Waals surface area contributed by atoms with E-state index < -0.39 is 9.76 Å². The molecule has 0 aromatic rings. The average Bonchev–Trinajstić information content (AvgIpc) is 2.03. The third-order valence-electron chi connectivity index (χ3n) is 1.20. The van der Waals surface area contributed by atoms with Gasteiger partial charge in [-0.1, -0.05) is 19.2 Å². The van der Waals surface area contributed by atoms with Gasteiger partial charge in [-0.25, -0.2) is 4.79 Å². The van der Waals surface area contributed by atoms with E-state index in [1.807, 2.05) is 0 Å². The van der Waals surface area contributed by atoms with Crippen LogP contribution < -0.4 is 0 Å². The van der Waals surface area contributed by atoms with Crippen molar-refractivity contribution in [2.45, 2.75) is 12.7 Å². The zero-order valence-corrected chi connectivity index (χ0v) is 10.9. The molecule has 0 spiro atoms. The molecular formula is C7H14O3Si2. The Morgan fingerprint density at radius 1 is 1.75 bits per heavy atom. The fourth-order valence-electron chi connectivity index (χ4n) is 0.553. The Bertz CT molecular complexity index is 191. The molecule has 0 amide bonds. The minimum absolute atomic E-state index is 0.216. The summed E-state index contributed by atoms with van der Waals surface area (Å²) in [5, 5.41) is 0. The smallest absolute Gasteiger partial charge is 0.333 e. The highest BCUT2D eigenvalue weighted by Gasteiger charge is 2.10. The number of esters is 1. The van der Waals surface area contributed by atoms with Gasteiger partial charge in [-0.3, -0.25) is 0 Å². The molecule has 0 aliphatic rings. The molecule has 68 valence electrons. The van der Waals surface area contributed by atoms with Gasteiger partial charge in [0.25, 0.3) is 0 Å². The number of hydrogen-bond acceptors (Lipinski definition) is 3. The molecule has 0 N–H and O–H groups in total. The first kappa shape index (κ1) is 11.3. The molecule has 1 unspecified atom stereocenters. The molecule has 0 aromatic heterocycles. The molecule has 12 heavy (non-hydrogen) atoms. The average molecular weight is 202 g/mol. The fourth-order valence-corrected chi connectivity index (χ4v) is 2.22. The summed E-state index contributed by atoms with van der Waals surface area (Å²) in [6.45, 7) is 8.65. The molecule has 0 bridgehead atoms. The van der Waals surface area contributed by atoms with Crippen LogP contribution in [0, 0.1) is 0 Å². The van der Waals surface area contributed by atoms with Crippen molar-refractivity contribution < 1.29 is 13.6 Å². The van der Waals surface area contributed by atoms with Gasteiger partial charge in [-0.15, -0.1) is 0 Å². The van der Waals surface area contributed by atoms with E-state index in [4.69, 9.17) is 8.85 Å². The van der Waals surface area contributed by atoms with Gasteiger partial charge in [0.05, 0.1) is 0 Å². The summed E-state index contributed by atoms with van der Waals surface area (Å²) in [5.74, 6) is -0.369. The molecular weight excluding hydrogens is 188 g/mol. The van der Waals surface area contributed by atoms with Crippen LogP contribution in [0.1, 0.15) is 6.92 Å². The van der Waals surface area contributed by atoms with Crippen molar-refractivity contribution in [1.29, 1.82) is 0 Å². The van der Waals surface area contributed by atoms with Crippen LogP contribution in [0.2, 0.25) is 0 Å². The van der Waals surface area contributed by atoms with Crippen molar-refractivity contribution >= 4 is 26.2 Å². The van der Waals surface area contributed by atoms with E-state index in [1.165, 1.54) is 0 Å². The van der Waals surface area contributed by atoms with Crippen molar-refractivity contribution in [3.05, 3.63) is 24.8 Å². The first-order valence-corrected chi connectivity index (χ1v) is 5.80. The lowest BCUT2D eigenvalue weighted by molar-refractivity contribution is -0.139. The second-order valence-corrected chi connectivity index (χ2v) is 5.86. The minimum atomic E-state index is -0.780. The second-order valence-electron chi connectivity index (χ2n) is 2.42. The van der Waals surface area contributed by atoms with Gasteiger partial charge < -0.3 is 8.85 Å². The van der Waals surface area contributed by atoms with E-state index in [9.17, 15) is 4.79 Å². The number of rotatable bonds is 5. The monoisotopic (exact) mass is 202 g/mol. The summed E-state index contributed by atoms with van der Waals surface area (Å²) >= 11 is 0. The zero-order valence-electron chi connectivity index (χ0n) is 7.50. The molecule has 5 heteroatoms. The normalized spacial score (nSPS) is 13.1. The van der Waals surface area contributed by atoms with Gasteiger partial charge in [0, 0.05) is 5.57 Å². The van der Waals surface area contributed by atoms with Gasteiger partial charge in [0.15, 0.2) is 9.76 Å². The molecule has 3 nitrogen and oxygen atoms in total. The third-order valence-corrected chi connectivity index (χ3v) is 3.36. The minimum Gasteiger partial charge on any atom is -0.465 e. The highest BCUT2D eigenvalue weighted by Crippen LogP contribution is 1.98. The van der Waals surface area contributed by atoms with Gasteiger partial charge >= 0.3 is 5.97 Å². The molecule has 0 saturated carbocycles. The molecule has 0 fully saturated rings. The van der Waals surface area contributed by atoms with E-state index in [0.717, 1.165) is 0 Å². The predicted octanol–water partition coefficient (Wildman–Crippen LogP) is -1.00. The van der Waals surface area contributed by atoms with Crippen molar-refractivity contribution in [2.24, 2.45) is 0 Å². The topological polar surface area (TPSA) is 35.5 Å². The van der Waals surface area contributed by atoms with E-state index >= 15 is 0 Å². The van der Waals surface area contributed by atoms with Crippen molar-refractivity contribution in [1.82, 2.24) is 0 Å². The summed E-state index contributed by atoms with van der Waals surface area (Å²) < 4.78 is 10.1. The molecule has 0 saturated heterocycles. The molecule has 0 aliphatic heterocycles. The highest BCUT2D eigenvalue weighted by atomic mass is 28.3. The first-order chi connectivity index (χ1) is 5.61. The number of ether oxygens (including phenoxy) is 1. The van der Waals surface area contributed by atoms with Crippen LogP contribution in [-0.4, -0.2) is 31.9 Å².